The van der Waals surface area contributed by atoms with Crippen LogP contribution in [0, 0.1) is 0 Å². The zero-order valence-electron chi connectivity index (χ0n) is 25.4. The third-order valence-electron chi connectivity index (χ3n) is 8.39. The first-order chi connectivity index (χ1) is 22.7. The molecule has 2 aromatic heterocycles. The molecule has 0 saturated heterocycles. The van der Waals surface area contributed by atoms with Crippen LogP contribution in [0.4, 0.5) is 5.69 Å². The van der Waals surface area contributed by atoms with Crippen LogP contribution in [0.1, 0.15) is 51.9 Å². The number of ether oxygens (including phenoxy) is 1. The molecule has 1 unspecified atom stereocenters. The molecule has 0 spiro atoms. The summed E-state index contributed by atoms with van der Waals surface area (Å²) in [7, 11) is 0. The van der Waals surface area contributed by atoms with Crippen molar-refractivity contribution in [1.29, 1.82) is 0 Å². The summed E-state index contributed by atoms with van der Waals surface area (Å²) in [4.78, 5) is 43.7. The van der Waals surface area contributed by atoms with Crippen molar-refractivity contribution in [3.05, 3.63) is 122 Å². The quantitative estimate of drug-likeness (QED) is 0.223. The third kappa shape index (κ3) is 6.06. The maximum absolute atomic E-state index is 14.2. The van der Waals surface area contributed by atoms with Crippen LogP contribution in [0.2, 0.25) is 5.02 Å². The molecule has 1 fully saturated rings. The van der Waals surface area contributed by atoms with Crippen LogP contribution in [0.25, 0.3) is 11.4 Å². The van der Waals surface area contributed by atoms with Crippen LogP contribution in [-0.4, -0.2) is 47.8 Å². The molecule has 5 aromatic rings. The third-order valence-corrected chi connectivity index (χ3v) is 9.62. The molecule has 2 aliphatic rings. The van der Waals surface area contributed by atoms with E-state index in [1.54, 1.807) is 69.0 Å². The molecule has 11 nitrogen and oxygen atoms in total. The molecule has 3 N–H and O–H groups in total. The summed E-state index contributed by atoms with van der Waals surface area (Å²) >= 11 is 9.69. The summed E-state index contributed by atoms with van der Waals surface area (Å²) in [6.07, 6.45) is 5.52. The van der Waals surface area contributed by atoms with Gasteiger partial charge in [-0.3, -0.25) is 18.7 Å². The number of anilines is 1. The van der Waals surface area contributed by atoms with Gasteiger partial charge in [0, 0.05) is 29.2 Å². The van der Waals surface area contributed by atoms with E-state index in [1.165, 1.54) is 4.57 Å². The first kappa shape index (κ1) is 30.8. The van der Waals surface area contributed by atoms with Gasteiger partial charge in [-0.2, -0.15) is 5.10 Å². The Bertz CT molecular complexity index is 2070. The highest BCUT2D eigenvalue weighted by Gasteiger charge is 2.35. The number of nitrogens with zero attached hydrogens (tertiary/aromatic N) is 5. The predicted octanol–water partition coefficient (Wildman–Crippen LogP) is 5.34. The lowest BCUT2D eigenvalue weighted by Crippen LogP contribution is -2.47. The van der Waals surface area contributed by atoms with Crippen molar-refractivity contribution in [3.8, 4) is 17.1 Å². The van der Waals surface area contributed by atoms with E-state index in [0.29, 0.717) is 37.9 Å². The Morgan fingerprint density at radius 2 is 1.87 bits per heavy atom. The van der Waals surface area contributed by atoms with Gasteiger partial charge >= 0.3 is 5.69 Å². The number of hydrogen-bond acceptors (Lipinski definition) is 6. The number of carbonyl (C=O) groups is 2. The van der Waals surface area contributed by atoms with Crippen molar-refractivity contribution in [3.63, 3.8) is 0 Å². The maximum Gasteiger partial charge on any atom is 0.333 e. The second-order valence-electron chi connectivity index (χ2n) is 11.8. The van der Waals surface area contributed by atoms with Gasteiger partial charge in [-0.05, 0) is 89.8 Å². The number of para-hydroxylation sites is 1. The van der Waals surface area contributed by atoms with Crippen molar-refractivity contribution in [1.82, 2.24) is 29.1 Å². The van der Waals surface area contributed by atoms with Crippen molar-refractivity contribution >= 4 is 45.0 Å². The molecule has 2 amide bonds. The number of aromatic nitrogens is 4. The fraction of sp³-hybridized carbons (Fsp3) is 0.235. The Morgan fingerprint density at radius 3 is 2.57 bits per heavy atom. The lowest BCUT2D eigenvalue weighted by Gasteiger charge is -2.34. The average Bonchev–Trinajstić information content (AvgIpc) is 3.71. The Balaban J connectivity index is 1.26. The van der Waals surface area contributed by atoms with E-state index in [4.69, 9.17) is 22.1 Å². The van der Waals surface area contributed by atoms with Crippen LogP contribution in [0.3, 0.4) is 0 Å². The highest BCUT2D eigenvalue weighted by molar-refractivity contribution is 9.10. The summed E-state index contributed by atoms with van der Waals surface area (Å²) in [5, 5.41) is 7.74. The van der Waals surface area contributed by atoms with E-state index >= 15 is 0 Å². The Morgan fingerprint density at radius 1 is 1.11 bits per heavy atom. The summed E-state index contributed by atoms with van der Waals surface area (Å²) < 4.78 is 11.3. The molecule has 1 saturated carbocycles. The number of benzene rings is 3. The van der Waals surface area contributed by atoms with Crippen molar-refractivity contribution in [2.75, 3.05) is 5.73 Å². The number of amides is 2. The molecule has 7 rings (SSSR count). The number of halogens is 2. The highest BCUT2D eigenvalue weighted by Crippen LogP contribution is 2.30. The minimum absolute atomic E-state index is 0.0463. The standard InChI is InChI=1S/C34H31BrClN7O4/c1-20-17-41-30(19-40(20)33(45)21-6-13-27(35)28(36)14-21)31(43(34(41)46)24-7-9-25(10-8-24)47-26-11-12-26)32(44)38-15-22-4-2-3-5-29(22)42-18-23(37)16-39-42/h2-10,13-14,16,18,20,26H,11-12,15,17,19,37H2,1H3,(H,38,44). The minimum atomic E-state index is -0.461. The van der Waals surface area contributed by atoms with E-state index in [0.717, 1.165) is 24.1 Å². The smallest absolute Gasteiger partial charge is 0.333 e. The number of nitrogens with two attached hydrogens (primary N) is 1. The van der Waals surface area contributed by atoms with Gasteiger partial charge in [-0.1, -0.05) is 29.8 Å². The number of carbonyl (C=O) groups excluding carboxylic acids is 2. The molecular weight excluding hydrogens is 686 g/mol. The van der Waals surface area contributed by atoms with E-state index in [2.05, 4.69) is 26.3 Å². The fourth-order valence-electron chi connectivity index (χ4n) is 5.82. The summed E-state index contributed by atoms with van der Waals surface area (Å²) in [5.74, 6) is -0.00928. The van der Waals surface area contributed by atoms with Gasteiger partial charge in [0.1, 0.15) is 11.4 Å². The normalized spacial score (nSPS) is 15.7. The molecule has 0 radical (unpaired) electrons. The molecule has 3 heterocycles. The Labute approximate surface area is 283 Å². The van der Waals surface area contributed by atoms with Gasteiger partial charge in [0.05, 0.1) is 52.8 Å². The lowest BCUT2D eigenvalue weighted by atomic mass is 10.1. The molecule has 3 aromatic carbocycles. The first-order valence-corrected chi connectivity index (χ1v) is 16.4. The van der Waals surface area contributed by atoms with Crippen molar-refractivity contribution < 1.29 is 14.3 Å². The zero-order chi connectivity index (χ0) is 32.8. The largest absolute Gasteiger partial charge is 0.490 e. The van der Waals surface area contributed by atoms with Crippen LogP contribution in [0.5, 0.6) is 5.75 Å². The van der Waals surface area contributed by atoms with E-state index in [9.17, 15) is 14.4 Å². The van der Waals surface area contributed by atoms with Crippen LogP contribution in [0.15, 0.2) is 88.4 Å². The number of nitrogen functional groups attached to an aromatic ring is 1. The Kier molecular flexibility index (Phi) is 8.15. The van der Waals surface area contributed by atoms with E-state index in [1.807, 2.05) is 31.2 Å². The minimum Gasteiger partial charge on any atom is -0.490 e. The summed E-state index contributed by atoms with van der Waals surface area (Å²) in [6, 6.07) is 19.4. The number of hydrogen-bond donors (Lipinski definition) is 2. The van der Waals surface area contributed by atoms with Crippen LogP contribution in [-0.2, 0) is 19.6 Å². The molecule has 1 aliphatic heterocycles. The molecule has 47 heavy (non-hydrogen) atoms. The maximum atomic E-state index is 14.2. The first-order valence-electron chi connectivity index (χ1n) is 15.2. The highest BCUT2D eigenvalue weighted by atomic mass is 79.9. The SMILES string of the molecule is CC1Cn2c(c(C(=O)NCc3ccccc3-n3cc(N)cn3)n(-c3ccc(OC4CC4)cc3)c2=O)CN1C(=O)c1ccc(Br)c(Cl)c1. The Hall–Kier alpha value is -4.81. The average molecular weight is 717 g/mol. The van der Waals surface area contributed by atoms with Crippen LogP contribution >= 0.6 is 27.5 Å². The van der Waals surface area contributed by atoms with Gasteiger partial charge in [-0.15, -0.1) is 0 Å². The predicted molar refractivity (Wildman–Crippen MR) is 181 cm³/mol. The van der Waals surface area contributed by atoms with Gasteiger partial charge in [0.15, 0.2) is 0 Å². The fourth-order valence-corrected chi connectivity index (χ4v) is 6.25. The van der Waals surface area contributed by atoms with Crippen LogP contribution < -0.4 is 21.5 Å². The van der Waals surface area contributed by atoms with Gasteiger partial charge in [-0.25, -0.2) is 9.48 Å². The monoisotopic (exact) mass is 715 g/mol. The van der Waals surface area contributed by atoms with Crippen molar-refractivity contribution in [2.45, 2.75) is 51.5 Å². The van der Waals surface area contributed by atoms with E-state index in [-0.39, 0.29) is 49.1 Å². The lowest BCUT2D eigenvalue weighted by molar-refractivity contribution is 0.0610. The van der Waals surface area contributed by atoms with Gasteiger partial charge in [0.25, 0.3) is 11.8 Å². The molecule has 1 atom stereocenters. The summed E-state index contributed by atoms with van der Waals surface area (Å²) in [6.45, 7) is 2.29. The van der Waals surface area contributed by atoms with E-state index < -0.39 is 5.91 Å². The molecule has 0 bridgehead atoms. The van der Waals surface area contributed by atoms with Gasteiger partial charge in [0.2, 0.25) is 0 Å². The second-order valence-corrected chi connectivity index (χ2v) is 13.0. The summed E-state index contributed by atoms with van der Waals surface area (Å²) in [5.41, 5.74) is 9.13. The molecule has 240 valence electrons. The topological polar surface area (TPSA) is 129 Å². The number of imidazole rings is 1. The number of rotatable bonds is 8. The number of nitrogens with one attached hydrogen (secondary N) is 1. The second kappa shape index (κ2) is 12.4. The molecular formula is C34H31BrClN7O4. The number of fused-ring (bicyclic) bond motifs is 1. The molecule has 13 heteroatoms. The van der Waals surface area contributed by atoms with Crippen molar-refractivity contribution in [2.24, 2.45) is 0 Å². The zero-order valence-corrected chi connectivity index (χ0v) is 27.7. The van der Waals surface area contributed by atoms with Gasteiger partial charge < -0.3 is 20.7 Å². The molecule has 1 aliphatic carbocycles.